The first-order chi connectivity index (χ1) is 3.93. The first kappa shape index (κ1) is 4.99. The van der Waals surface area contributed by atoms with E-state index in [1.54, 1.807) is 0 Å². The molecule has 39 valence electrons. The van der Waals surface area contributed by atoms with E-state index in [4.69, 9.17) is 6.42 Å². The topological polar surface area (TPSA) is 15.8 Å². The third-order valence-corrected chi connectivity index (χ3v) is 0.941. The summed E-state index contributed by atoms with van der Waals surface area (Å²) in [7, 11) is 0. The molecule has 0 aromatic carbocycles. The highest BCUT2D eigenvalue weighted by Gasteiger charge is 1.83. The van der Waals surface area contributed by atoms with Crippen LogP contribution in [0.25, 0.3) is 0 Å². The zero-order valence-corrected chi connectivity index (χ0v) is 4.44. The molecule has 1 aromatic rings. The Morgan fingerprint density at radius 1 is 1.75 bits per heavy atom. The van der Waals surface area contributed by atoms with Crippen LogP contribution in [0.5, 0.6) is 0 Å². The summed E-state index contributed by atoms with van der Waals surface area (Å²) in [5, 5.41) is 0. The van der Waals surface area contributed by atoms with Gasteiger partial charge in [-0.15, -0.1) is 0 Å². The van der Waals surface area contributed by atoms with Gasteiger partial charge in [0.1, 0.15) is 0 Å². The van der Waals surface area contributed by atoms with Crippen molar-refractivity contribution in [3.8, 4) is 5.92 Å². The highest BCUT2D eigenvalue weighted by molar-refractivity contribution is 5.08. The molecule has 0 atom stereocenters. The SMILES string of the molecule is [C]#CCc1ccc[nH]1. The molecule has 1 nitrogen and oxygen atoms in total. The molecule has 0 fully saturated rings. The minimum Gasteiger partial charge on any atom is -0.364 e. The highest BCUT2D eigenvalue weighted by atomic mass is 14.7. The highest BCUT2D eigenvalue weighted by Crippen LogP contribution is 1.92. The second kappa shape index (κ2) is 2.23. The molecular weight excluding hydrogens is 98.1 g/mol. The van der Waals surface area contributed by atoms with Crippen LogP contribution in [-0.2, 0) is 6.42 Å². The first-order valence-corrected chi connectivity index (χ1v) is 2.45. The number of H-pyrrole nitrogens is 1. The van der Waals surface area contributed by atoms with E-state index in [0.29, 0.717) is 6.42 Å². The molecule has 0 saturated carbocycles. The molecule has 1 aromatic heterocycles. The van der Waals surface area contributed by atoms with Crippen LogP contribution in [0.1, 0.15) is 5.69 Å². The summed E-state index contributed by atoms with van der Waals surface area (Å²) >= 11 is 0. The number of aromatic amines is 1. The third-order valence-electron chi connectivity index (χ3n) is 0.941. The predicted molar refractivity (Wildman–Crippen MR) is 31.6 cm³/mol. The standard InChI is InChI=1S/C7H6N/c1-2-4-7-5-3-6-8-7/h3,5-6,8H,4H2. The van der Waals surface area contributed by atoms with Crippen molar-refractivity contribution < 1.29 is 0 Å². The van der Waals surface area contributed by atoms with Gasteiger partial charge in [0.25, 0.3) is 0 Å². The predicted octanol–water partition coefficient (Wildman–Crippen LogP) is 1.15. The number of rotatable bonds is 1. The van der Waals surface area contributed by atoms with Gasteiger partial charge in [0, 0.05) is 11.9 Å². The Morgan fingerprint density at radius 3 is 3.12 bits per heavy atom. The van der Waals surface area contributed by atoms with Crippen molar-refractivity contribution in [2.24, 2.45) is 0 Å². The summed E-state index contributed by atoms with van der Waals surface area (Å²) in [6.07, 6.45) is 9.04. The summed E-state index contributed by atoms with van der Waals surface area (Å²) in [5.74, 6) is 2.29. The number of aromatic nitrogens is 1. The molecule has 1 rings (SSSR count). The Morgan fingerprint density at radius 2 is 2.62 bits per heavy atom. The Balaban J connectivity index is 2.67. The van der Waals surface area contributed by atoms with Crippen molar-refractivity contribution >= 4 is 0 Å². The lowest BCUT2D eigenvalue weighted by molar-refractivity contribution is 1.18. The fourth-order valence-electron chi connectivity index (χ4n) is 0.573. The minimum absolute atomic E-state index is 0.590. The Bertz CT molecular complexity index is 179. The van der Waals surface area contributed by atoms with Crippen molar-refractivity contribution in [1.82, 2.24) is 4.98 Å². The molecule has 0 amide bonds. The van der Waals surface area contributed by atoms with E-state index < -0.39 is 0 Å². The molecule has 8 heavy (non-hydrogen) atoms. The van der Waals surface area contributed by atoms with Crippen molar-refractivity contribution in [3.05, 3.63) is 30.4 Å². The van der Waals surface area contributed by atoms with Gasteiger partial charge in [-0.05, 0) is 18.6 Å². The maximum atomic E-state index is 6.61. The minimum atomic E-state index is 0.590. The molecule has 0 saturated heterocycles. The molecule has 0 spiro atoms. The van der Waals surface area contributed by atoms with E-state index in [1.165, 1.54) is 0 Å². The molecule has 0 aliphatic rings. The summed E-state index contributed by atoms with van der Waals surface area (Å²) in [4.78, 5) is 2.96. The van der Waals surface area contributed by atoms with E-state index >= 15 is 0 Å². The zero-order valence-electron chi connectivity index (χ0n) is 4.44. The molecular formula is C7H6N. The normalized spacial score (nSPS) is 8.38. The van der Waals surface area contributed by atoms with Gasteiger partial charge < -0.3 is 4.98 Å². The van der Waals surface area contributed by atoms with Gasteiger partial charge in [-0.2, -0.15) is 0 Å². The smallest absolute Gasteiger partial charge is 0.0501 e. The number of nitrogens with one attached hydrogen (secondary N) is 1. The molecule has 0 aliphatic heterocycles. The molecule has 0 aliphatic carbocycles. The van der Waals surface area contributed by atoms with Crippen LogP contribution >= 0.6 is 0 Å². The maximum absolute atomic E-state index is 6.61. The van der Waals surface area contributed by atoms with Gasteiger partial charge in [-0.1, -0.05) is 5.92 Å². The van der Waals surface area contributed by atoms with Crippen molar-refractivity contribution in [2.75, 3.05) is 0 Å². The fourth-order valence-corrected chi connectivity index (χ4v) is 0.573. The molecule has 1 heteroatoms. The maximum Gasteiger partial charge on any atom is 0.0501 e. The lowest BCUT2D eigenvalue weighted by Crippen LogP contribution is -1.76. The summed E-state index contributed by atoms with van der Waals surface area (Å²) in [5.41, 5.74) is 1.04. The van der Waals surface area contributed by atoms with E-state index in [0.717, 1.165) is 5.69 Å². The average molecular weight is 104 g/mol. The lowest BCUT2D eigenvalue weighted by Gasteiger charge is -1.81. The van der Waals surface area contributed by atoms with Gasteiger partial charge in [0.2, 0.25) is 0 Å². The van der Waals surface area contributed by atoms with E-state index in [-0.39, 0.29) is 0 Å². The zero-order chi connectivity index (χ0) is 5.82. The van der Waals surface area contributed by atoms with Gasteiger partial charge in [0.15, 0.2) is 0 Å². The molecule has 0 bridgehead atoms. The monoisotopic (exact) mass is 104 g/mol. The summed E-state index contributed by atoms with van der Waals surface area (Å²) in [6.45, 7) is 0. The van der Waals surface area contributed by atoms with Gasteiger partial charge in [-0.3, -0.25) is 0 Å². The summed E-state index contributed by atoms with van der Waals surface area (Å²) < 4.78 is 0. The van der Waals surface area contributed by atoms with Crippen molar-refractivity contribution in [2.45, 2.75) is 6.42 Å². The van der Waals surface area contributed by atoms with E-state index in [1.807, 2.05) is 18.3 Å². The van der Waals surface area contributed by atoms with E-state index in [2.05, 4.69) is 10.9 Å². The van der Waals surface area contributed by atoms with Gasteiger partial charge in [-0.25, -0.2) is 0 Å². The Kier molecular flexibility index (Phi) is 1.39. The number of hydrogen-bond acceptors (Lipinski definition) is 0. The molecule has 1 N–H and O–H groups in total. The van der Waals surface area contributed by atoms with Gasteiger partial charge in [0.05, 0.1) is 6.42 Å². The van der Waals surface area contributed by atoms with Crippen LogP contribution in [0.2, 0.25) is 0 Å². The lowest BCUT2D eigenvalue weighted by atomic mass is 10.3. The van der Waals surface area contributed by atoms with Crippen LogP contribution < -0.4 is 0 Å². The third kappa shape index (κ3) is 0.913. The fraction of sp³-hybridized carbons (Fsp3) is 0.143. The van der Waals surface area contributed by atoms with E-state index in [9.17, 15) is 0 Å². The van der Waals surface area contributed by atoms with Crippen LogP contribution in [0.15, 0.2) is 18.3 Å². The second-order valence-electron chi connectivity index (χ2n) is 1.55. The molecule has 1 heterocycles. The Hall–Kier alpha value is -1.16. The molecule has 0 unspecified atom stereocenters. The Labute approximate surface area is 48.7 Å². The van der Waals surface area contributed by atoms with Gasteiger partial charge >= 0.3 is 0 Å². The van der Waals surface area contributed by atoms with Crippen molar-refractivity contribution in [1.29, 1.82) is 0 Å². The van der Waals surface area contributed by atoms with Crippen LogP contribution in [0, 0.1) is 12.3 Å². The quantitative estimate of drug-likeness (QED) is 0.514. The van der Waals surface area contributed by atoms with Crippen molar-refractivity contribution in [3.63, 3.8) is 0 Å². The number of hydrogen-bond donors (Lipinski definition) is 1. The van der Waals surface area contributed by atoms with Crippen LogP contribution in [0.4, 0.5) is 0 Å². The average Bonchev–Trinajstić information content (AvgIpc) is 2.19. The first-order valence-electron chi connectivity index (χ1n) is 2.45. The van der Waals surface area contributed by atoms with Crippen LogP contribution in [-0.4, -0.2) is 4.98 Å². The largest absolute Gasteiger partial charge is 0.364 e. The molecule has 1 radical (unpaired) electrons. The van der Waals surface area contributed by atoms with Crippen LogP contribution in [0.3, 0.4) is 0 Å². The summed E-state index contributed by atoms with van der Waals surface area (Å²) in [6, 6.07) is 3.84. The second-order valence-corrected chi connectivity index (χ2v) is 1.55.